The molecule has 6 nitrogen and oxygen atoms in total. The average Bonchev–Trinajstić information content (AvgIpc) is 2.67. The van der Waals surface area contributed by atoms with Crippen LogP contribution in [0.5, 0.6) is 0 Å². The molecule has 1 aliphatic heterocycles. The lowest BCUT2D eigenvalue weighted by Crippen LogP contribution is -2.44. The second-order valence-corrected chi connectivity index (χ2v) is 4.57. The second-order valence-electron chi connectivity index (χ2n) is 3.75. The number of hydrogen-bond donors (Lipinski definition) is 1. The first-order chi connectivity index (χ1) is 8.54. The minimum absolute atomic E-state index is 0.104. The van der Waals surface area contributed by atoms with Crippen LogP contribution in [0.1, 0.15) is 29.9 Å². The van der Waals surface area contributed by atoms with Crippen LogP contribution in [0.15, 0.2) is 16.7 Å². The fourth-order valence-electron chi connectivity index (χ4n) is 1.86. The van der Waals surface area contributed by atoms with Crippen LogP contribution in [0.2, 0.25) is 0 Å². The lowest BCUT2D eigenvalue weighted by Gasteiger charge is -2.25. The predicted octanol–water partition coefficient (Wildman–Crippen LogP) is 1.01. The van der Waals surface area contributed by atoms with Gasteiger partial charge in [-0.15, -0.1) is 0 Å². The Balaban J connectivity index is 2.32. The van der Waals surface area contributed by atoms with Gasteiger partial charge in [0.05, 0.1) is 17.6 Å². The van der Waals surface area contributed by atoms with Crippen LogP contribution in [-0.4, -0.2) is 29.0 Å². The summed E-state index contributed by atoms with van der Waals surface area (Å²) in [5.74, 6) is -1.44. The summed E-state index contributed by atoms with van der Waals surface area (Å²) in [5, 5.41) is 2.22. The molecule has 0 saturated carbocycles. The van der Waals surface area contributed by atoms with Gasteiger partial charge in [0.1, 0.15) is 11.7 Å². The van der Waals surface area contributed by atoms with Crippen LogP contribution in [0.4, 0.5) is 0 Å². The number of esters is 1. The molecule has 0 aromatic carbocycles. The molecule has 0 radical (unpaired) electrons. The Morgan fingerprint density at radius 3 is 2.89 bits per heavy atom. The SMILES string of the molecule is CCOC(=O)C[C@H]1C(=O)NC(=O)c2ccc(Br)n21. The van der Waals surface area contributed by atoms with Crippen molar-refractivity contribution < 1.29 is 19.1 Å². The summed E-state index contributed by atoms with van der Waals surface area (Å²) >= 11 is 3.25. The third kappa shape index (κ3) is 2.17. The minimum atomic E-state index is -0.763. The maximum atomic E-state index is 11.8. The monoisotopic (exact) mass is 314 g/mol. The van der Waals surface area contributed by atoms with Crippen molar-refractivity contribution >= 4 is 33.7 Å². The maximum absolute atomic E-state index is 11.8. The number of carbonyl (C=O) groups excluding carboxylic acids is 3. The number of hydrogen-bond acceptors (Lipinski definition) is 4. The lowest BCUT2D eigenvalue weighted by atomic mass is 10.1. The van der Waals surface area contributed by atoms with Gasteiger partial charge in [-0.1, -0.05) is 0 Å². The van der Waals surface area contributed by atoms with Crippen LogP contribution in [-0.2, 0) is 14.3 Å². The van der Waals surface area contributed by atoms with Crippen molar-refractivity contribution in [2.75, 3.05) is 6.61 Å². The Labute approximate surface area is 111 Å². The molecule has 1 aromatic heterocycles. The number of ether oxygens (including phenoxy) is 1. The van der Waals surface area contributed by atoms with Gasteiger partial charge in [-0.05, 0) is 35.0 Å². The van der Waals surface area contributed by atoms with E-state index in [9.17, 15) is 14.4 Å². The van der Waals surface area contributed by atoms with E-state index < -0.39 is 23.8 Å². The van der Waals surface area contributed by atoms with E-state index in [-0.39, 0.29) is 13.0 Å². The fourth-order valence-corrected chi connectivity index (χ4v) is 2.43. The summed E-state index contributed by atoms with van der Waals surface area (Å²) in [7, 11) is 0. The maximum Gasteiger partial charge on any atom is 0.308 e. The topological polar surface area (TPSA) is 77.4 Å². The molecule has 7 heteroatoms. The molecule has 0 saturated heterocycles. The largest absolute Gasteiger partial charge is 0.466 e. The highest BCUT2D eigenvalue weighted by Crippen LogP contribution is 2.27. The zero-order valence-corrected chi connectivity index (χ0v) is 11.2. The summed E-state index contributed by atoms with van der Waals surface area (Å²) in [6.07, 6.45) is -0.104. The summed E-state index contributed by atoms with van der Waals surface area (Å²) in [5.41, 5.74) is 0.343. The number of nitrogens with one attached hydrogen (secondary N) is 1. The smallest absolute Gasteiger partial charge is 0.308 e. The number of fused-ring (bicyclic) bond motifs is 1. The van der Waals surface area contributed by atoms with Gasteiger partial charge in [0, 0.05) is 0 Å². The molecule has 1 aromatic rings. The van der Waals surface area contributed by atoms with Crippen molar-refractivity contribution in [3.8, 4) is 0 Å². The van der Waals surface area contributed by atoms with Crippen molar-refractivity contribution in [3.05, 3.63) is 22.4 Å². The molecule has 0 bridgehead atoms. The van der Waals surface area contributed by atoms with Crippen LogP contribution in [0, 0.1) is 0 Å². The highest BCUT2D eigenvalue weighted by atomic mass is 79.9. The van der Waals surface area contributed by atoms with Crippen molar-refractivity contribution in [2.45, 2.75) is 19.4 Å². The van der Waals surface area contributed by atoms with Gasteiger partial charge in [-0.3, -0.25) is 19.7 Å². The van der Waals surface area contributed by atoms with Gasteiger partial charge in [0.15, 0.2) is 0 Å². The third-order valence-corrected chi connectivity index (χ3v) is 3.26. The summed E-state index contributed by atoms with van der Waals surface area (Å²) in [6, 6.07) is 2.48. The predicted molar refractivity (Wildman–Crippen MR) is 64.9 cm³/mol. The van der Waals surface area contributed by atoms with E-state index in [0.717, 1.165) is 0 Å². The minimum Gasteiger partial charge on any atom is -0.466 e. The zero-order chi connectivity index (χ0) is 13.3. The average molecular weight is 315 g/mol. The molecule has 1 N–H and O–H groups in total. The van der Waals surface area contributed by atoms with Crippen LogP contribution < -0.4 is 5.32 Å². The second kappa shape index (κ2) is 4.93. The Kier molecular flexibility index (Phi) is 3.51. The van der Waals surface area contributed by atoms with E-state index in [1.54, 1.807) is 19.1 Å². The standard InChI is InChI=1S/C11H11BrN2O4/c1-2-18-9(15)5-7-11(17)13-10(16)6-3-4-8(12)14(6)7/h3-4,7H,2,5H2,1H3,(H,13,16,17)/t7-/m0/s1. The van der Waals surface area contributed by atoms with Gasteiger partial charge >= 0.3 is 5.97 Å². The zero-order valence-electron chi connectivity index (χ0n) is 9.60. The normalized spacial score (nSPS) is 18.2. The molecule has 2 amide bonds. The highest BCUT2D eigenvalue weighted by Gasteiger charge is 2.34. The number of aromatic nitrogens is 1. The van der Waals surface area contributed by atoms with Crippen molar-refractivity contribution in [2.24, 2.45) is 0 Å². The molecule has 0 aliphatic carbocycles. The first-order valence-electron chi connectivity index (χ1n) is 5.42. The lowest BCUT2D eigenvalue weighted by molar-refractivity contribution is -0.146. The van der Waals surface area contributed by atoms with Gasteiger partial charge in [-0.2, -0.15) is 0 Å². The first kappa shape index (κ1) is 12.8. The molecular formula is C11H11BrN2O4. The quantitative estimate of drug-likeness (QED) is 0.667. The van der Waals surface area contributed by atoms with Crippen molar-refractivity contribution in [1.29, 1.82) is 0 Å². The number of imide groups is 1. The molecule has 0 fully saturated rings. The molecule has 0 unspecified atom stereocenters. The molecule has 2 rings (SSSR count). The molecule has 1 aliphatic rings. The Bertz CT molecular complexity index is 523. The van der Waals surface area contributed by atoms with Crippen LogP contribution in [0.3, 0.4) is 0 Å². The Morgan fingerprint density at radius 2 is 2.22 bits per heavy atom. The van der Waals surface area contributed by atoms with E-state index in [2.05, 4.69) is 21.2 Å². The number of carbonyl (C=O) groups is 3. The van der Waals surface area contributed by atoms with Gasteiger partial charge < -0.3 is 9.30 Å². The van der Waals surface area contributed by atoms with Gasteiger partial charge in [0.2, 0.25) is 0 Å². The summed E-state index contributed by atoms with van der Waals surface area (Å²) in [4.78, 5) is 34.8. The number of rotatable bonds is 3. The molecule has 18 heavy (non-hydrogen) atoms. The van der Waals surface area contributed by atoms with Crippen LogP contribution in [0.25, 0.3) is 0 Å². The van der Waals surface area contributed by atoms with Gasteiger partial charge in [-0.25, -0.2) is 0 Å². The van der Waals surface area contributed by atoms with Crippen molar-refractivity contribution in [3.63, 3.8) is 0 Å². The Hall–Kier alpha value is -1.63. The Morgan fingerprint density at radius 1 is 1.50 bits per heavy atom. The van der Waals surface area contributed by atoms with E-state index in [4.69, 9.17) is 4.74 Å². The number of halogens is 1. The van der Waals surface area contributed by atoms with Crippen molar-refractivity contribution in [1.82, 2.24) is 9.88 Å². The van der Waals surface area contributed by atoms with E-state index in [0.29, 0.717) is 10.3 Å². The van der Waals surface area contributed by atoms with E-state index in [1.807, 2.05) is 0 Å². The van der Waals surface area contributed by atoms with Gasteiger partial charge in [0.25, 0.3) is 11.8 Å². The first-order valence-corrected chi connectivity index (χ1v) is 6.21. The number of amides is 2. The van der Waals surface area contributed by atoms with E-state index >= 15 is 0 Å². The molecule has 2 heterocycles. The molecule has 96 valence electrons. The van der Waals surface area contributed by atoms with E-state index in [1.165, 1.54) is 4.57 Å². The molecular weight excluding hydrogens is 304 g/mol. The number of nitrogens with zero attached hydrogens (tertiary/aromatic N) is 1. The molecule has 1 atom stereocenters. The van der Waals surface area contributed by atoms with Crippen LogP contribution >= 0.6 is 15.9 Å². The summed E-state index contributed by atoms with van der Waals surface area (Å²) < 4.78 is 6.90. The highest BCUT2D eigenvalue weighted by molar-refractivity contribution is 9.10. The molecule has 0 spiro atoms. The third-order valence-electron chi connectivity index (χ3n) is 2.62. The fraction of sp³-hybridized carbons (Fsp3) is 0.364. The summed E-state index contributed by atoms with van der Waals surface area (Å²) in [6.45, 7) is 1.95.